The molecule has 1 fully saturated rings. The summed E-state index contributed by atoms with van der Waals surface area (Å²) in [5.74, 6) is 0. The van der Waals surface area contributed by atoms with E-state index in [9.17, 15) is 13.5 Å². The van der Waals surface area contributed by atoms with E-state index in [0.29, 0.717) is 24.5 Å². The summed E-state index contributed by atoms with van der Waals surface area (Å²) in [6, 6.07) is 4.92. The quantitative estimate of drug-likeness (QED) is 0.802. The second-order valence-corrected chi connectivity index (χ2v) is 7.21. The third-order valence-corrected chi connectivity index (χ3v) is 6.10. The van der Waals surface area contributed by atoms with Crippen LogP contribution in [0.3, 0.4) is 0 Å². The molecule has 0 amide bonds. The van der Waals surface area contributed by atoms with Crippen molar-refractivity contribution in [1.29, 1.82) is 0 Å². The van der Waals surface area contributed by atoms with Gasteiger partial charge in [0.2, 0.25) is 10.0 Å². The molecule has 2 aliphatic rings. The maximum atomic E-state index is 13.0. The van der Waals surface area contributed by atoms with Crippen molar-refractivity contribution < 1.29 is 18.3 Å². The molecule has 7 heteroatoms. The van der Waals surface area contributed by atoms with Crippen molar-refractivity contribution in [3.8, 4) is 0 Å². The smallest absolute Gasteiger partial charge is 0.243 e. The monoisotopic (exact) mass is 312 g/mol. The molecule has 6 nitrogen and oxygen atoms in total. The average molecular weight is 312 g/mol. The Balaban J connectivity index is 2.02. The van der Waals surface area contributed by atoms with Gasteiger partial charge in [-0.1, -0.05) is 12.1 Å². The first-order valence-electron chi connectivity index (χ1n) is 7.16. The van der Waals surface area contributed by atoms with Crippen LogP contribution in [0.5, 0.6) is 0 Å². The number of morpholine rings is 1. The van der Waals surface area contributed by atoms with E-state index in [1.165, 1.54) is 4.31 Å². The minimum absolute atomic E-state index is 0.226. The summed E-state index contributed by atoms with van der Waals surface area (Å²) < 4.78 is 32.6. The van der Waals surface area contributed by atoms with Gasteiger partial charge in [-0.25, -0.2) is 8.42 Å². The van der Waals surface area contributed by atoms with Gasteiger partial charge >= 0.3 is 0 Å². The van der Waals surface area contributed by atoms with E-state index >= 15 is 0 Å². The Labute approximate surface area is 124 Å². The lowest BCUT2D eigenvalue weighted by atomic mass is 10.0. The van der Waals surface area contributed by atoms with E-state index in [2.05, 4.69) is 5.32 Å². The van der Waals surface area contributed by atoms with Crippen LogP contribution in [0.1, 0.15) is 11.1 Å². The Kier molecular flexibility index (Phi) is 4.28. The van der Waals surface area contributed by atoms with Crippen LogP contribution in [0.15, 0.2) is 23.1 Å². The Bertz CT molecular complexity index is 617. The molecule has 0 aliphatic carbocycles. The fourth-order valence-electron chi connectivity index (χ4n) is 2.96. The van der Waals surface area contributed by atoms with Crippen LogP contribution in [-0.4, -0.2) is 56.8 Å². The summed E-state index contributed by atoms with van der Waals surface area (Å²) >= 11 is 0. The summed E-state index contributed by atoms with van der Waals surface area (Å²) in [5.41, 5.74) is 1.94. The van der Waals surface area contributed by atoms with Gasteiger partial charge in [0.25, 0.3) is 0 Å². The van der Waals surface area contributed by atoms with Crippen molar-refractivity contribution in [2.75, 3.05) is 32.9 Å². The van der Waals surface area contributed by atoms with Gasteiger partial charge in [-0.15, -0.1) is 0 Å². The van der Waals surface area contributed by atoms with Gasteiger partial charge in [-0.3, -0.25) is 0 Å². The molecule has 0 aromatic heterocycles. The van der Waals surface area contributed by atoms with Crippen molar-refractivity contribution in [2.24, 2.45) is 0 Å². The highest BCUT2D eigenvalue weighted by atomic mass is 32.2. The van der Waals surface area contributed by atoms with Crippen LogP contribution in [0, 0.1) is 0 Å². The molecule has 0 bridgehead atoms. The van der Waals surface area contributed by atoms with E-state index in [-0.39, 0.29) is 19.8 Å². The third-order valence-electron chi connectivity index (χ3n) is 4.07. The average Bonchev–Trinajstić information content (AvgIpc) is 2.54. The molecule has 0 saturated carbocycles. The standard InChI is InChI=1S/C14H20N2O4S/c17-9-12-10-20-7-6-16(12)21(18,19)14-3-1-2-11-8-15-5-4-13(11)14/h1-3,12,15,17H,4-10H2. The Morgan fingerprint density at radius 3 is 3.10 bits per heavy atom. The molecule has 1 aromatic rings. The second kappa shape index (κ2) is 6.02. The summed E-state index contributed by atoms with van der Waals surface area (Å²) in [6.07, 6.45) is 0.707. The van der Waals surface area contributed by atoms with Crippen molar-refractivity contribution in [3.05, 3.63) is 29.3 Å². The molecule has 0 radical (unpaired) electrons. The van der Waals surface area contributed by atoms with Gasteiger partial charge < -0.3 is 15.2 Å². The van der Waals surface area contributed by atoms with E-state index < -0.39 is 16.1 Å². The predicted octanol–water partition coefficient (Wildman–Crippen LogP) is -0.286. The molecule has 1 saturated heterocycles. The predicted molar refractivity (Wildman–Crippen MR) is 77.4 cm³/mol. The second-order valence-electron chi connectivity index (χ2n) is 5.35. The number of hydrogen-bond donors (Lipinski definition) is 2. The van der Waals surface area contributed by atoms with Gasteiger partial charge in [0.05, 0.1) is 30.8 Å². The number of aliphatic hydroxyl groups is 1. The molecule has 116 valence electrons. The Morgan fingerprint density at radius 2 is 2.29 bits per heavy atom. The number of ether oxygens (including phenoxy) is 1. The molecular formula is C14H20N2O4S. The number of benzene rings is 1. The zero-order valence-corrected chi connectivity index (χ0v) is 12.6. The van der Waals surface area contributed by atoms with Crippen LogP contribution in [0.4, 0.5) is 0 Å². The summed E-state index contributed by atoms with van der Waals surface area (Å²) in [7, 11) is -3.60. The Hall–Kier alpha value is -0.990. The largest absolute Gasteiger partial charge is 0.395 e. The molecule has 21 heavy (non-hydrogen) atoms. The summed E-state index contributed by atoms with van der Waals surface area (Å²) in [4.78, 5) is 0.377. The highest BCUT2D eigenvalue weighted by Gasteiger charge is 2.35. The molecule has 2 aliphatic heterocycles. The van der Waals surface area contributed by atoms with E-state index in [1.807, 2.05) is 6.07 Å². The lowest BCUT2D eigenvalue weighted by molar-refractivity contribution is 0.0109. The molecule has 1 aromatic carbocycles. The van der Waals surface area contributed by atoms with Crippen LogP contribution >= 0.6 is 0 Å². The summed E-state index contributed by atoms with van der Waals surface area (Å²) in [6.45, 7) is 2.15. The van der Waals surface area contributed by atoms with Gasteiger partial charge in [0.15, 0.2) is 0 Å². The highest BCUT2D eigenvalue weighted by Crippen LogP contribution is 2.27. The first-order chi connectivity index (χ1) is 10.1. The first-order valence-corrected chi connectivity index (χ1v) is 8.60. The zero-order chi connectivity index (χ0) is 14.9. The van der Waals surface area contributed by atoms with Crippen molar-refractivity contribution >= 4 is 10.0 Å². The maximum Gasteiger partial charge on any atom is 0.243 e. The van der Waals surface area contributed by atoms with Crippen LogP contribution in [0.25, 0.3) is 0 Å². The van der Waals surface area contributed by atoms with Crippen molar-refractivity contribution in [3.63, 3.8) is 0 Å². The SMILES string of the molecule is O=S(=O)(c1cccc2c1CCNC2)N1CCOCC1CO. The number of aliphatic hydroxyl groups excluding tert-OH is 1. The number of nitrogens with one attached hydrogen (secondary N) is 1. The molecule has 1 unspecified atom stereocenters. The van der Waals surface area contributed by atoms with E-state index in [0.717, 1.165) is 17.7 Å². The maximum absolute atomic E-state index is 13.0. The molecule has 2 heterocycles. The molecular weight excluding hydrogens is 292 g/mol. The van der Waals surface area contributed by atoms with E-state index in [1.54, 1.807) is 12.1 Å². The van der Waals surface area contributed by atoms with E-state index in [4.69, 9.17) is 4.74 Å². The molecule has 3 rings (SSSR count). The normalized spacial score (nSPS) is 23.8. The summed E-state index contributed by atoms with van der Waals surface area (Å²) in [5, 5.41) is 12.7. The molecule has 2 N–H and O–H groups in total. The van der Waals surface area contributed by atoms with Gasteiger partial charge in [0.1, 0.15) is 0 Å². The number of nitrogens with zero attached hydrogens (tertiary/aromatic N) is 1. The molecule has 0 spiro atoms. The zero-order valence-electron chi connectivity index (χ0n) is 11.8. The molecule has 1 atom stereocenters. The highest BCUT2D eigenvalue weighted by molar-refractivity contribution is 7.89. The van der Waals surface area contributed by atoms with Gasteiger partial charge in [-0.2, -0.15) is 4.31 Å². The van der Waals surface area contributed by atoms with Crippen LogP contribution in [-0.2, 0) is 27.7 Å². The lowest BCUT2D eigenvalue weighted by Crippen LogP contribution is -2.50. The van der Waals surface area contributed by atoms with Crippen LogP contribution in [0.2, 0.25) is 0 Å². The number of sulfonamides is 1. The van der Waals surface area contributed by atoms with Crippen molar-refractivity contribution in [1.82, 2.24) is 9.62 Å². The van der Waals surface area contributed by atoms with Crippen LogP contribution < -0.4 is 5.32 Å². The number of fused-ring (bicyclic) bond motifs is 1. The fraction of sp³-hybridized carbons (Fsp3) is 0.571. The minimum atomic E-state index is -3.60. The lowest BCUT2D eigenvalue weighted by Gasteiger charge is -2.34. The number of rotatable bonds is 3. The fourth-order valence-corrected chi connectivity index (χ4v) is 4.85. The first kappa shape index (κ1) is 14.9. The Morgan fingerprint density at radius 1 is 1.43 bits per heavy atom. The van der Waals surface area contributed by atoms with Gasteiger partial charge in [0, 0.05) is 13.1 Å². The minimum Gasteiger partial charge on any atom is -0.395 e. The number of hydrogen-bond acceptors (Lipinski definition) is 5. The third kappa shape index (κ3) is 2.72. The van der Waals surface area contributed by atoms with Gasteiger partial charge in [-0.05, 0) is 30.2 Å². The van der Waals surface area contributed by atoms with Crippen molar-refractivity contribution in [2.45, 2.75) is 23.9 Å². The topological polar surface area (TPSA) is 78.9 Å².